The number of aliphatic hydroxyl groups is 1. The maximum Gasteiger partial charge on any atom is 0.223 e. The number of nitrogens with one attached hydrogen (secondary N) is 1. The summed E-state index contributed by atoms with van der Waals surface area (Å²) >= 11 is 1.41. The van der Waals surface area contributed by atoms with Crippen LogP contribution in [-0.2, 0) is 6.54 Å². The Kier molecular flexibility index (Phi) is 7.68. The van der Waals surface area contributed by atoms with Crippen LogP contribution in [0.4, 0.5) is 14.7 Å². The summed E-state index contributed by atoms with van der Waals surface area (Å²) < 4.78 is 31.9. The van der Waals surface area contributed by atoms with Gasteiger partial charge >= 0.3 is 0 Å². The predicted octanol–water partition coefficient (Wildman–Crippen LogP) is 4.99. The first-order chi connectivity index (χ1) is 18.4. The molecule has 3 heterocycles. The highest BCUT2D eigenvalue weighted by Gasteiger charge is 2.20. The molecule has 196 valence electrons. The lowest BCUT2D eigenvalue weighted by atomic mass is 9.94. The Hall–Kier alpha value is -3.80. The summed E-state index contributed by atoms with van der Waals surface area (Å²) in [5.74, 6) is -0.545. The van der Waals surface area contributed by atoms with Crippen molar-refractivity contribution < 1.29 is 13.9 Å². The second-order valence-corrected chi connectivity index (χ2v) is 9.98. The number of benzene rings is 2. The van der Waals surface area contributed by atoms with Crippen molar-refractivity contribution in [1.29, 1.82) is 0 Å². The lowest BCUT2D eigenvalue weighted by Gasteiger charge is -2.26. The Balaban J connectivity index is 1.50. The quantitative estimate of drug-likeness (QED) is 0.260. The van der Waals surface area contributed by atoms with Crippen LogP contribution in [0.3, 0.4) is 0 Å². The van der Waals surface area contributed by atoms with Crippen LogP contribution in [0.1, 0.15) is 18.5 Å². The van der Waals surface area contributed by atoms with E-state index in [4.69, 9.17) is 0 Å². The van der Waals surface area contributed by atoms with E-state index in [1.807, 2.05) is 43.1 Å². The molecule has 5 rings (SSSR count). The largest absolute Gasteiger partial charge is 0.395 e. The molecule has 38 heavy (non-hydrogen) atoms. The molecule has 0 fully saturated rings. The molecule has 1 atom stereocenters. The maximum atomic E-state index is 14.9. The Bertz CT molecular complexity index is 1540. The number of halogens is 2. The van der Waals surface area contributed by atoms with Gasteiger partial charge in [-0.1, -0.05) is 29.5 Å². The summed E-state index contributed by atoms with van der Waals surface area (Å²) in [4.78, 5) is 11.2. The topological polar surface area (TPSA) is 92.0 Å². The van der Waals surface area contributed by atoms with Gasteiger partial charge in [-0.15, -0.1) is 16.4 Å². The van der Waals surface area contributed by atoms with Crippen LogP contribution >= 0.6 is 11.3 Å². The molecule has 0 aliphatic carbocycles. The zero-order valence-electron chi connectivity index (χ0n) is 21.0. The maximum absolute atomic E-state index is 14.9. The fourth-order valence-electron chi connectivity index (χ4n) is 4.37. The SMILES string of the molecule is CC(c1ccc(F)cc1-c1cccc2cc(-c3nc(NCCn4ccnn4)ncc3F)sc12)N(C)CCO. The molecule has 0 saturated heterocycles. The summed E-state index contributed by atoms with van der Waals surface area (Å²) in [7, 11) is 1.92. The molecule has 0 aliphatic heterocycles. The molecule has 0 amide bonds. The zero-order valence-corrected chi connectivity index (χ0v) is 21.8. The monoisotopic (exact) mass is 535 g/mol. The number of nitrogens with zero attached hydrogens (tertiary/aromatic N) is 6. The molecule has 5 aromatic rings. The predicted molar refractivity (Wildman–Crippen MR) is 145 cm³/mol. The average Bonchev–Trinajstić information content (AvgIpc) is 3.59. The van der Waals surface area contributed by atoms with Crippen molar-refractivity contribution >= 4 is 27.4 Å². The summed E-state index contributed by atoms with van der Waals surface area (Å²) in [6.07, 6.45) is 4.51. The second-order valence-electron chi connectivity index (χ2n) is 8.93. The van der Waals surface area contributed by atoms with Gasteiger partial charge in [-0.05, 0) is 54.2 Å². The first-order valence-corrected chi connectivity index (χ1v) is 13.0. The van der Waals surface area contributed by atoms with Crippen LogP contribution in [0.15, 0.2) is 61.1 Å². The van der Waals surface area contributed by atoms with E-state index < -0.39 is 5.82 Å². The molecule has 2 N–H and O–H groups in total. The van der Waals surface area contributed by atoms with Crippen molar-refractivity contribution in [3.63, 3.8) is 0 Å². The molecule has 8 nitrogen and oxygen atoms in total. The molecule has 0 saturated carbocycles. The van der Waals surface area contributed by atoms with Crippen LogP contribution in [0.2, 0.25) is 0 Å². The number of anilines is 1. The van der Waals surface area contributed by atoms with Crippen molar-refractivity contribution in [1.82, 2.24) is 29.9 Å². The molecule has 1 unspecified atom stereocenters. The van der Waals surface area contributed by atoms with Crippen molar-refractivity contribution in [2.75, 3.05) is 32.1 Å². The van der Waals surface area contributed by atoms with Crippen LogP contribution in [0.5, 0.6) is 0 Å². The highest BCUT2D eigenvalue weighted by molar-refractivity contribution is 7.22. The van der Waals surface area contributed by atoms with E-state index in [0.29, 0.717) is 30.5 Å². The van der Waals surface area contributed by atoms with E-state index in [1.54, 1.807) is 23.1 Å². The van der Waals surface area contributed by atoms with E-state index >= 15 is 0 Å². The summed E-state index contributed by atoms with van der Waals surface area (Å²) in [5.41, 5.74) is 2.76. The lowest BCUT2D eigenvalue weighted by Crippen LogP contribution is -2.26. The first-order valence-electron chi connectivity index (χ1n) is 12.2. The van der Waals surface area contributed by atoms with Gasteiger partial charge in [0.05, 0.1) is 30.4 Å². The molecule has 11 heteroatoms. The van der Waals surface area contributed by atoms with Crippen LogP contribution < -0.4 is 5.32 Å². The van der Waals surface area contributed by atoms with Gasteiger partial charge in [0.15, 0.2) is 5.82 Å². The van der Waals surface area contributed by atoms with Crippen LogP contribution in [0.25, 0.3) is 31.8 Å². The van der Waals surface area contributed by atoms with Gasteiger partial charge in [-0.25, -0.2) is 18.7 Å². The minimum absolute atomic E-state index is 0.0308. The van der Waals surface area contributed by atoms with Gasteiger partial charge in [0.2, 0.25) is 5.95 Å². The van der Waals surface area contributed by atoms with Gasteiger partial charge < -0.3 is 10.4 Å². The Morgan fingerprint density at radius 1 is 1.16 bits per heavy atom. The minimum atomic E-state index is -0.523. The highest BCUT2D eigenvalue weighted by Crippen LogP contribution is 2.42. The third-order valence-electron chi connectivity index (χ3n) is 6.49. The summed E-state index contributed by atoms with van der Waals surface area (Å²) in [5, 5.41) is 21.1. The fourth-order valence-corrected chi connectivity index (χ4v) is 5.54. The van der Waals surface area contributed by atoms with E-state index in [2.05, 4.69) is 25.6 Å². The normalized spacial score (nSPS) is 12.4. The van der Waals surface area contributed by atoms with E-state index in [9.17, 15) is 13.9 Å². The number of aliphatic hydroxyl groups excluding tert-OH is 1. The molecule has 2 aromatic carbocycles. The summed E-state index contributed by atoms with van der Waals surface area (Å²) in [6, 6.07) is 12.4. The van der Waals surface area contributed by atoms with E-state index in [1.165, 1.54) is 23.5 Å². The third-order valence-corrected chi connectivity index (χ3v) is 7.68. The van der Waals surface area contributed by atoms with Gasteiger partial charge in [0.25, 0.3) is 0 Å². The van der Waals surface area contributed by atoms with Crippen molar-refractivity contribution in [3.8, 4) is 21.7 Å². The Morgan fingerprint density at radius 3 is 2.82 bits per heavy atom. The van der Waals surface area contributed by atoms with Crippen LogP contribution in [-0.4, -0.2) is 61.7 Å². The van der Waals surface area contributed by atoms with Gasteiger partial charge in [-0.2, -0.15) is 0 Å². The smallest absolute Gasteiger partial charge is 0.223 e. The number of hydrogen-bond acceptors (Lipinski definition) is 8. The number of likely N-dealkylation sites (N-methyl/N-ethyl adjacent to an activating group) is 1. The van der Waals surface area contributed by atoms with E-state index in [0.717, 1.165) is 33.0 Å². The minimum Gasteiger partial charge on any atom is -0.395 e. The molecule has 0 aliphatic rings. The van der Waals surface area contributed by atoms with Crippen LogP contribution in [0, 0.1) is 11.6 Å². The standard InChI is InChI=1S/C27H27F2N7OS/c1-17(35(2)12-13-37)20-7-6-19(28)15-22(20)21-5-3-4-18-14-24(38-26(18)21)25-23(29)16-31-27(33-25)30-8-10-36-11-9-32-34-36/h3-7,9,11,14-17,37H,8,10,12-13H2,1-2H3,(H,30,31,33). The molecular weight excluding hydrogens is 508 g/mol. The number of aromatic nitrogens is 5. The van der Waals surface area contributed by atoms with Crippen molar-refractivity contribution in [2.24, 2.45) is 0 Å². The molecule has 3 aromatic heterocycles. The molecule has 0 bridgehead atoms. The number of thiophene rings is 1. The Morgan fingerprint density at radius 2 is 2.03 bits per heavy atom. The number of rotatable bonds is 10. The van der Waals surface area contributed by atoms with Gasteiger partial charge in [0, 0.05) is 30.0 Å². The number of fused-ring (bicyclic) bond motifs is 1. The highest BCUT2D eigenvalue weighted by atomic mass is 32.1. The zero-order chi connectivity index (χ0) is 26.6. The molecular formula is C27H27F2N7OS. The first kappa shape index (κ1) is 25.8. The van der Waals surface area contributed by atoms with Gasteiger partial charge in [0.1, 0.15) is 11.5 Å². The average molecular weight is 536 g/mol. The lowest BCUT2D eigenvalue weighted by molar-refractivity contribution is 0.189. The number of hydrogen-bond donors (Lipinski definition) is 2. The molecule has 0 spiro atoms. The van der Waals surface area contributed by atoms with Gasteiger partial charge in [-0.3, -0.25) is 9.58 Å². The van der Waals surface area contributed by atoms with Crippen molar-refractivity contribution in [3.05, 3.63) is 78.3 Å². The Labute approximate surface area is 222 Å². The third kappa shape index (κ3) is 5.40. The summed E-state index contributed by atoms with van der Waals surface area (Å²) in [6.45, 7) is 3.61. The van der Waals surface area contributed by atoms with Crippen molar-refractivity contribution in [2.45, 2.75) is 19.5 Å². The van der Waals surface area contributed by atoms with E-state index in [-0.39, 0.29) is 24.2 Å². The molecule has 0 radical (unpaired) electrons. The fraction of sp³-hybridized carbons (Fsp3) is 0.259. The second kappa shape index (κ2) is 11.3.